The first kappa shape index (κ1) is 13.2. The third kappa shape index (κ3) is 3.02. The average Bonchev–Trinajstić information content (AvgIpc) is 2.87. The van der Waals surface area contributed by atoms with E-state index in [9.17, 15) is 8.42 Å². The van der Waals surface area contributed by atoms with Gasteiger partial charge in [0.15, 0.2) is 9.84 Å². The molecule has 2 aromatic heterocycles. The predicted octanol–water partition coefficient (Wildman–Crippen LogP) is 0.0607. The summed E-state index contributed by atoms with van der Waals surface area (Å²) in [6, 6.07) is 3.46. The highest BCUT2D eigenvalue weighted by molar-refractivity contribution is 7.91. The molecule has 0 spiro atoms. The van der Waals surface area contributed by atoms with E-state index in [0.717, 1.165) is 5.56 Å². The van der Waals surface area contributed by atoms with Crippen LogP contribution in [0, 0.1) is 0 Å². The molecule has 1 atom stereocenters. The van der Waals surface area contributed by atoms with Crippen molar-refractivity contribution in [2.24, 2.45) is 0 Å². The molecule has 1 saturated heterocycles. The second kappa shape index (κ2) is 5.29. The van der Waals surface area contributed by atoms with Gasteiger partial charge in [-0.1, -0.05) is 5.16 Å². The van der Waals surface area contributed by atoms with Crippen LogP contribution in [0.25, 0.3) is 11.4 Å². The number of sulfone groups is 1. The van der Waals surface area contributed by atoms with E-state index >= 15 is 0 Å². The molecule has 20 heavy (non-hydrogen) atoms. The van der Waals surface area contributed by atoms with Crippen LogP contribution in [0.4, 0.5) is 0 Å². The molecule has 0 aliphatic carbocycles. The van der Waals surface area contributed by atoms with E-state index in [-0.39, 0.29) is 17.5 Å². The average molecular weight is 294 g/mol. The van der Waals surface area contributed by atoms with Crippen molar-refractivity contribution in [2.45, 2.75) is 12.5 Å². The number of hydrogen-bond donors (Lipinski definition) is 1. The summed E-state index contributed by atoms with van der Waals surface area (Å²) in [5, 5.41) is 7.04. The molecule has 3 heterocycles. The molecule has 3 rings (SSSR count). The van der Waals surface area contributed by atoms with Gasteiger partial charge in [0.05, 0.1) is 11.5 Å². The number of pyridine rings is 1. The summed E-state index contributed by atoms with van der Waals surface area (Å²) in [7, 11) is -2.96. The van der Waals surface area contributed by atoms with Crippen molar-refractivity contribution >= 4 is 9.84 Å². The van der Waals surface area contributed by atoms with E-state index < -0.39 is 9.84 Å². The number of nitrogens with zero attached hydrogens (tertiary/aromatic N) is 3. The van der Waals surface area contributed by atoms with Gasteiger partial charge in [0.2, 0.25) is 11.7 Å². The summed E-state index contributed by atoms with van der Waals surface area (Å²) < 4.78 is 28.3. The maximum Gasteiger partial charge on any atom is 0.228 e. The zero-order chi connectivity index (χ0) is 14.0. The fourth-order valence-corrected chi connectivity index (χ4v) is 3.60. The van der Waals surface area contributed by atoms with E-state index in [1.165, 1.54) is 0 Å². The van der Waals surface area contributed by atoms with Crippen molar-refractivity contribution in [2.75, 3.05) is 18.1 Å². The summed E-state index contributed by atoms with van der Waals surface area (Å²) in [6.45, 7) is 0.469. The summed E-state index contributed by atoms with van der Waals surface area (Å²) in [5.41, 5.74) is 0.770. The summed E-state index contributed by atoms with van der Waals surface area (Å²) in [5.74, 6) is 1.19. The van der Waals surface area contributed by atoms with E-state index in [1.54, 1.807) is 18.5 Å². The number of hydrogen-bond acceptors (Lipinski definition) is 7. The molecular weight excluding hydrogens is 280 g/mol. The molecule has 1 aliphatic rings. The molecule has 1 fully saturated rings. The first-order valence-corrected chi connectivity index (χ1v) is 8.11. The maximum atomic E-state index is 11.6. The van der Waals surface area contributed by atoms with Gasteiger partial charge in [-0.3, -0.25) is 4.98 Å². The lowest BCUT2D eigenvalue weighted by Crippen LogP contribution is -2.46. The van der Waals surface area contributed by atoms with Crippen LogP contribution in [0.15, 0.2) is 29.0 Å². The number of rotatable bonds is 3. The van der Waals surface area contributed by atoms with Crippen molar-refractivity contribution < 1.29 is 12.9 Å². The lowest BCUT2D eigenvalue weighted by Gasteiger charge is -2.21. The Bertz CT molecular complexity index is 684. The quantitative estimate of drug-likeness (QED) is 0.854. The Labute approximate surface area is 116 Å². The zero-order valence-corrected chi connectivity index (χ0v) is 11.5. The van der Waals surface area contributed by atoms with E-state index in [1.807, 2.05) is 6.07 Å². The normalized spacial score (nSPS) is 21.7. The second-order valence-electron chi connectivity index (χ2n) is 4.72. The molecule has 0 bridgehead atoms. The summed E-state index contributed by atoms with van der Waals surface area (Å²) in [4.78, 5) is 8.26. The van der Waals surface area contributed by atoms with Crippen LogP contribution in [0.3, 0.4) is 0 Å². The highest BCUT2D eigenvalue weighted by Crippen LogP contribution is 2.15. The molecule has 0 radical (unpaired) electrons. The SMILES string of the molecule is O=S1(=O)CCNC(Cc2nc(-c3cccnc3)no2)C1. The lowest BCUT2D eigenvalue weighted by atomic mass is 10.2. The summed E-state index contributed by atoms with van der Waals surface area (Å²) >= 11 is 0. The molecule has 106 valence electrons. The Morgan fingerprint density at radius 2 is 2.35 bits per heavy atom. The third-order valence-electron chi connectivity index (χ3n) is 3.11. The van der Waals surface area contributed by atoms with Gasteiger partial charge in [0.25, 0.3) is 0 Å². The molecule has 7 nitrogen and oxygen atoms in total. The summed E-state index contributed by atoms with van der Waals surface area (Å²) in [6.07, 6.45) is 3.73. The van der Waals surface area contributed by atoms with Gasteiger partial charge in [-0.25, -0.2) is 8.42 Å². The van der Waals surface area contributed by atoms with Gasteiger partial charge in [0, 0.05) is 37.0 Å². The first-order chi connectivity index (χ1) is 9.62. The first-order valence-electron chi connectivity index (χ1n) is 6.29. The van der Waals surface area contributed by atoms with Crippen molar-refractivity contribution in [3.63, 3.8) is 0 Å². The van der Waals surface area contributed by atoms with Crippen molar-refractivity contribution in [1.82, 2.24) is 20.4 Å². The second-order valence-corrected chi connectivity index (χ2v) is 6.95. The topological polar surface area (TPSA) is 98.0 Å². The molecule has 1 unspecified atom stereocenters. The molecule has 0 aromatic carbocycles. The fourth-order valence-electron chi connectivity index (χ4n) is 2.16. The number of nitrogens with one attached hydrogen (secondary N) is 1. The van der Waals surface area contributed by atoms with E-state index in [4.69, 9.17) is 4.52 Å². The van der Waals surface area contributed by atoms with Crippen LogP contribution in [-0.4, -0.2) is 47.6 Å². The van der Waals surface area contributed by atoms with E-state index in [2.05, 4.69) is 20.4 Å². The highest BCUT2D eigenvalue weighted by Gasteiger charge is 2.26. The monoisotopic (exact) mass is 294 g/mol. The lowest BCUT2D eigenvalue weighted by molar-refractivity contribution is 0.361. The molecule has 8 heteroatoms. The Kier molecular flexibility index (Phi) is 3.49. The van der Waals surface area contributed by atoms with Crippen LogP contribution in [0.2, 0.25) is 0 Å². The van der Waals surface area contributed by atoms with Gasteiger partial charge in [-0.2, -0.15) is 4.98 Å². The maximum absolute atomic E-state index is 11.6. The smallest absolute Gasteiger partial charge is 0.228 e. The largest absolute Gasteiger partial charge is 0.339 e. The predicted molar refractivity (Wildman–Crippen MR) is 71.7 cm³/mol. The standard InChI is InChI=1S/C12H14N4O3S/c17-20(18)5-4-14-10(8-20)6-11-15-12(16-19-11)9-2-1-3-13-7-9/h1-3,7,10,14H,4-6,8H2. The van der Waals surface area contributed by atoms with Crippen LogP contribution in [0.5, 0.6) is 0 Å². The van der Waals surface area contributed by atoms with Gasteiger partial charge >= 0.3 is 0 Å². The van der Waals surface area contributed by atoms with Crippen LogP contribution in [-0.2, 0) is 16.3 Å². The Hall–Kier alpha value is -1.80. The molecule has 0 amide bonds. The minimum atomic E-state index is -2.96. The fraction of sp³-hybridized carbons (Fsp3) is 0.417. The highest BCUT2D eigenvalue weighted by atomic mass is 32.2. The van der Waals surface area contributed by atoms with Gasteiger partial charge in [-0.05, 0) is 12.1 Å². The Morgan fingerprint density at radius 3 is 3.10 bits per heavy atom. The van der Waals surface area contributed by atoms with Crippen LogP contribution >= 0.6 is 0 Å². The molecular formula is C12H14N4O3S. The van der Waals surface area contributed by atoms with Crippen LogP contribution in [0.1, 0.15) is 5.89 Å². The minimum Gasteiger partial charge on any atom is -0.339 e. The zero-order valence-electron chi connectivity index (χ0n) is 10.7. The molecule has 0 saturated carbocycles. The van der Waals surface area contributed by atoms with Crippen LogP contribution < -0.4 is 5.32 Å². The molecule has 1 aliphatic heterocycles. The van der Waals surface area contributed by atoms with Gasteiger partial charge in [-0.15, -0.1) is 0 Å². The van der Waals surface area contributed by atoms with Crippen molar-refractivity contribution in [3.05, 3.63) is 30.4 Å². The Balaban J connectivity index is 1.72. The van der Waals surface area contributed by atoms with E-state index in [0.29, 0.717) is 24.7 Å². The minimum absolute atomic E-state index is 0.109. The third-order valence-corrected chi connectivity index (χ3v) is 4.85. The molecule has 1 N–H and O–H groups in total. The molecule has 2 aromatic rings. The van der Waals surface area contributed by atoms with Crippen molar-refractivity contribution in [3.8, 4) is 11.4 Å². The van der Waals surface area contributed by atoms with Gasteiger partial charge < -0.3 is 9.84 Å². The van der Waals surface area contributed by atoms with Crippen molar-refractivity contribution in [1.29, 1.82) is 0 Å². The van der Waals surface area contributed by atoms with Gasteiger partial charge in [0.1, 0.15) is 0 Å². The Morgan fingerprint density at radius 1 is 1.45 bits per heavy atom. The number of aromatic nitrogens is 3.